The Hall–Kier alpha value is -2.27. The Balaban J connectivity index is 1.90. The lowest BCUT2D eigenvalue weighted by Gasteiger charge is -2.17. The van der Waals surface area contributed by atoms with Crippen LogP contribution < -0.4 is 0 Å². The summed E-state index contributed by atoms with van der Waals surface area (Å²) in [5, 5.41) is 0. The highest BCUT2D eigenvalue weighted by Crippen LogP contribution is 2.07. The molecule has 0 N–H and O–H groups in total. The molecule has 19 heavy (non-hydrogen) atoms. The van der Waals surface area contributed by atoms with Gasteiger partial charge in [0.15, 0.2) is 0 Å². The highest BCUT2D eigenvalue weighted by atomic mass is 19.1. The molecule has 0 spiro atoms. The summed E-state index contributed by atoms with van der Waals surface area (Å²) >= 11 is 0. The van der Waals surface area contributed by atoms with Crippen LogP contribution in [-0.4, -0.2) is 11.4 Å². The molecule has 2 aromatic rings. The quantitative estimate of drug-likeness (QED) is 0.582. The molecule has 0 aliphatic rings. The van der Waals surface area contributed by atoms with Gasteiger partial charge >= 0.3 is 0 Å². The van der Waals surface area contributed by atoms with Crippen LogP contribution in [-0.2, 0) is 13.0 Å². The van der Waals surface area contributed by atoms with E-state index in [-0.39, 0.29) is 5.82 Å². The summed E-state index contributed by atoms with van der Waals surface area (Å²) in [4.78, 5) is 1.93. The van der Waals surface area contributed by atoms with Crippen LogP contribution in [0.15, 0.2) is 54.6 Å². The fourth-order valence-corrected chi connectivity index (χ4v) is 1.91. The van der Waals surface area contributed by atoms with Crippen LogP contribution in [0.4, 0.5) is 4.39 Å². The van der Waals surface area contributed by atoms with E-state index in [2.05, 4.69) is 18.2 Å². The van der Waals surface area contributed by atoms with Gasteiger partial charge in [-0.3, -0.25) is 0 Å². The Morgan fingerprint density at radius 1 is 0.947 bits per heavy atom. The first-order valence-electron chi connectivity index (χ1n) is 6.27. The zero-order valence-electron chi connectivity index (χ0n) is 10.7. The van der Waals surface area contributed by atoms with E-state index in [0.29, 0.717) is 0 Å². The van der Waals surface area contributed by atoms with Crippen molar-refractivity contribution in [3.63, 3.8) is 0 Å². The minimum Gasteiger partial charge on any atom is -0.328 e. The fourth-order valence-electron chi connectivity index (χ4n) is 1.91. The molecule has 2 rings (SSSR count). The minimum atomic E-state index is -0.207. The van der Waals surface area contributed by atoms with E-state index in [1.54, 1.807) is 12.1 Å². The molecule has 0 atom stereocenters. The Morgan fingerprint density at radius 3 is 2.26 bits per heavy atom. The summed E-state index contributed by atoms with van der Waals surface area (Å²) < 4.78 is 12.8. The number of hydrogen-bond donors (Lipinski definition) is 0. The number of nitrogens with zero attached hydrogens (tertiary/aromatic N) is 1. The van der Waals surface area contributed by atoms with Gasteiger partial charge in [-0.05, 0) is 29.7 Å². The van der Waals surface area contributed by atoms with Crippen molar-refractivity contribution in [3.05, 3.63) is 71.5 Å². The van der Waals surface area contributed by atoms with E-state index in [1.165, 1.54) is 17.7 Å². The van der Waals surface area contributed by atoms with Gasteiger partial charge in [0.1, 0.15) is 5.82 Å². The maximum absolute atomic E-state index is 12.8. The molecule has 0 fully saturated rings. The Kier molecular flexibility index (Phi) is 4.58. The van der Waals surface area contributed by atoms with Crippen LogP contribution >= 0.6 is 0 Å². The van der Waals surface area contributed by atoms with Crippen molar-refractivity contribution in [2.75, 3.05) is 6.54 Å². The lowest BCUT2D eigenvalue weighted by molar-refractivity contribution is 0.397. The molecular weight excluding hydrogens is 237 g/mol. The molecule has 0 heterocycles. The molecule has 96 valence electrons. The van der Waals surface area contributed by atoms with Gasteiger partial charge in [0, 0.05) is 12.6 Å². The third kappa shape index (κ3) is 4.15. The van der Waals surface area contributed by atoms with Crippen molar-refractivity contribution in [3.8, 4) is 12.5 Å². The second-order valence-corrected chi connectivity index (χ2v) is 4.41. The highest BCUT2D eigenvalue weighted by Gasteiger charge is 2.02. The molecule has 1 nitrogen and oxygen atoms in total. The van der Waals surface area contributed by atoms with Crippen LogP contribution in [0, 0.1) is 18.3 Å². The van der Waals surface area contributed by atoms with Crippen molar-refractivity contribution < 1.29 is 4.39 Å². The summed E-state index contributed by atoms with van der Waals surface area (Å²) in [6.45, 7) is 1.50. The third-order valence-corrected chi connectivity index (χ3v) is 2.98. The summed E-state index contributed by atoms with van der Waals surface area (Å²) in [6, 6.07) is 19.4. The molecular formula is C17H16FN. The minimum absolute atomic E-state index is 0.207. The standard InChI is InChI=1S/C17H16FN/c1-2-19(14-16-6-4-3-5-7-16)13-12-15-8-10-17(18)11-9-15/h1,3-11H,12-14H2. The van der Waals surface area contributed by atoms with Crippen LogP contribution in [0.1, 0.15) is 11.1 Å². The number of hydrogen-bond acceptors (Lipinski definition) is 1. The largest absolute Gasteiger partial charge is 0.328 e. The normalized spacial score (nSPS) is 9.89. The summed E-state index contributed by atoms with van der Waals surface area (Å²) in [5.41, 5.74) is 2.29. The van der Waals surface area contributed by atoms with Gasteiger partial charge in [0.25, 0.3) is 0 Å². The molecule has 0 aromatic heterocycles. The van der Waals surface area contributed by atoms with Crippen LogP contribution in [0.25, 0.3) is 0 Å². The number of halogens is 1. The second-order valence-electron chi connectivity index (χ2n) is 4.41. The molecule has 2 heteroatoms. The van der Waals surface area contributed by atoms with Gasteiger partial charge in [-0.1, -0.05) is 48.9 Å². The molecule has 0 saturated heterocycles. The van der Waals surface area contributed by atoms with E-state index in [4.69, 9.17) is 6.42 Å². The predicted octanol–water partition coefficient (Wildman–Crippen LogP) is 3.46. The molecule has 0 aliphatic carbocycles. The molecule has 2 aromatic carbocycles. The van der Waals surface area contributed by atoms with E-state index in [1.807, 2.05) is 23.1 Å². The Bertz CT molecular complexity index is 540. The average Bonchev–Trinajstić information content (AvgIpc) is 2.46. The van der Waals surface area contributed by atoms with Crippen LogP contribution in [0.5, 0.6) is 0 Å². The highest BCUT2D eigenvalue weighted by molar-refractivity contribution is 5.18. The lowest BCUT2D eigenvalue weighted by atomic mass is 10.1. The molecule has 0 saturated carbocycles. The van der Waals surface area contributed by atoms with Crippen molar-refractivity contribution in [2.45, 2.75) is 13.0 Å². The summed E-state index contributed by atoms with van der Waals surface area (Å²) in [7, 11) is 0. The smallest absolute Gasteiger partial charge is 0.123 e. The number of terminal acetylenes is 1. The lowest BCUT2D eigenvalue weighted by Crippen LogP contribution is -2.20. The maximum Gasteiger partial charge on any atom is 0.123 e. The van der Waals surface area contributed by atoms with Gasteiger partial charge in [-0.25, -0.2) is 4.39 Å². The zero-order valence-corrected chi connectivity index (χ0v) is 10.7. The van der Waals surface area contributed by atoms with Crippen LogP contribution in [0.2, 0.25) is 0 Å². The van der Waals surface area contributed by atoms with E-state index >= 15 is 0 Å². The maximum atomic E-state index is 12.8. The number of rotatable bonds is 5. The zero-order chi connectivity index (χ0) is 13.5. The fraction of sp³-hybridized carbons (Fsp3) is 0.176. The van der Waals surface area contributed by atoms with Gasteiger partial charge < -0.3 is 4.90 Å². The predicted molar refractivity (Wildman–Crippen MR) is 75.8 cm³/mol. The molecule has 0 unspecified atom stereocenters. The first-order chi connectivity index (χ1) is 9.28. The Morgan fingerprint density at radius 2 is 1.63 bits per heavy atom. The van der Waals surface area contributed by atoms with Gasteiger partial charge in [-0.2, -0.15) is 0 Å². The first kappa shape index (κ1) is 13.2. The first-order valence-corrected chi connectivity index (χ1v) is 6.27. The number of benzene rings is 2. The van der Waals surface area contributed by atoms with E-state index < -0.39 is 0 Å². The van der Waals surface area contributed by atoms with Gasteiger partial charge in [0.05, 0.1) is 6.54 Å². The SMILES string of the molecule is C#CN(CCc1ccc(F)cc1)Cc1ccccc1. The molecule has 0 amide bonds. The molecule has 0 radical (unpaired) electrons. The average molecular weight is 253 g/mol. The van der Waals surface area contributed by atoms with Crippen LogP contribution in [0.3, 0.4) is 0 Å². The summed E-state index contributed by atoms with van der Waals surface area (Å²) in [6.07, 6.45) is 6.34. The second kappa shape index (κ2) is 6.61. The van der Waals surface area contributed by atoms with E-state index in [0.717, 1.165) is 25.1 Å². The monoisotopic (exact) mass is 253 g/mol. The molecule has 0 aliphatic heterocycles. The van der Waals surface area contributed by atoms with E-state index in [9.17, 15) is 4.39 Å². The van der Waals surface area contributed by atoms with Crippen molar-refractivity contribution in [1.82, 2.24) is 4.90 Å². The van der Waals surface area contributed by atoms with Gasteiger partial charge in [-0.15, -0.1) is 0 Å². The topological polar surface area (TPSA) is 3.24 Å². The Labute approximate surface area is 113 Å². The van der Waals surface area contributed by atoms with Crippen molar-refractivity contribution in [2.24, 2.45) is 0 Å². The summed E-state index contributed by atoms with van der Waals surface area (Å²) in [5.74, 6) is -0.207. The molecule has 0 bridgehead atoms. The van der Waals surface area contributed by atoms with Gasteiger partial charge in [0.2, 0.25) is 0 Å². The third-order valence-electron chi connectivity index (χ3n) is 2.98. The van der Waals surface area contributed by atoms with Crippen molar-refractivity contribution in [1.29, 1.82) is 0 Å². The van der Waals surface area contributed by atoms with Crippen molar-refractivity contribution >= 4 is 0 Å².